The molecule has 1 unspecified atom stereocenters. The molecule has 0 saturated carbocycles. The van der Waals surface area contributed by atoms with E-state index in [1.165, 1.54) is 0 Å². The molecule has 0 fully saturated rings. The molecule has 1 heterocycles. The zero-order chi connectivity index (χ0) is 9.30. The summed E-state index contributed by atoms with van der Waals surface area (Å²) in [5.41, 5.74) is 7.05. The van der Waals surface area contributed by atoms with E-state index in [4.69, 9.17) is 5.73 Å². The molecule has 0 radical (unpaired) electrons. The van der Waals surface area contributed by atoms with Crippen LogP contribution < -0.4 is 5.73 Å². The van der Waals surface area contributed by atoms with E-state index >= 15 is 0 Å². The lowest BCUT2D eigenvalue weighted by molar-refractivity contribution is 0.512. The molecule has 0 spiro atoms. The van der Waals surface area contributed by atoms with Gasteiger partial charge in [-0.25, -0.2) is 0 Å². The fourth-order valence-corrected chi connectivity index (χ4v) is 1.48. The second-order valence-corrected chi connectivity index (χ2v) is 4.04. The number of rotatable bonds is 2. The minimum atomic E-state index is 0.0630. The Balaban J connectivity index is 2.95. The van der Waals surface area contributed by atoms with E-state index in [0.29, 0.717) is 5.92 Å². The standard InChI is InChI=1S/C8H14BrN3/c1-5(2)7(10)6-4-11-12(3)8(6)9/h4-5,7H,10H2,1-3H3. The summed E-state index contributed by atoms with van der Waals surface area (Å²) >= 11 is 3.44. The minimum absolute atomic E-state index is 0.0630. The average molecular weight is 232 g/mol. The summed E-state index contributed by atoms with van der Waals surface area (Å²) in [5.74, 6) is 0.436. The third kappa shape index (κ3) is 1.69. The highest BCUT2D eigenvalue weighted by molar-refractivity contribution is 9.10. The molecule has 0 aliphatic heterocycles. The Bertz CT molecular complexity index is 267. The van der Waals surface area contributed by atoms with Gasteiger partial charge in [0.25, 0.3) is 0 Å². The SMILES string of the molecule is CC(C)C(N)c1cnn(C)c1Br. The Morgan fingerprint density at radius 3 is 2.50 bits per heavy atom. The molecule has 0 aliphatic carbocycles. The number of nitrogens with zero attached hydrogens (tertiary/aromatic N) is 2. The molecule has 0 bridgehead atoms. The van der Waals surface area contributed by atoms with Gasteiger partial charge < -0.3 is 5.73 Å². The van der Waals surface area contributed by atoms with Gasteiger partial charge in [-0.05, 0) is 21.8 Å². The second-order valence-electron chi connectivity index (χ2n) is 3.28. The first-order valence-electron chi connectivity index (χ1n) is 3.97. The van der Waals surface area contributed by atoms with Crippen molar-refractivity contribution in [1.82, 2.24) is 9.78 Å². The van der Waals surface area contributed by atoms with E-state index < -0.39 is 0 Å². The summed E-state index contributed by atoms with van der Waals surface area (Å²) in [4.78, 5) is 0. The van der Waals surface area contributed by atoms with Crippen LogP contribution in [0.2, 0.25) is 0 Å². The van der Waals surface area contributed by atoms with E-state index in [0.717, 1.165) is 10.2 Å². The molecule has 0 saturated heterocycles. The van der Waals surface area contributed by atoms with Gasteiger partial charge in [-0.15, -0.1) is 0 Å². The Morgan fingerprint density at radius 2 is 2.17 bits per heavy atom. The van der Waals surface area contributed by atoms with Crippen molar-refractivity contribution in [2.75, 3.05) is 0 Å². The van der Waals surface area contributed by atoms with Gasteiger partial charge in [0.05, 0.1) is 6.20 Å². The molecule has 0 aromatic carbocycles. The van der Waals surface area contributed by atoms with Crippen LogP contribution in [-0.4, -0.2) is 9.78 Å². The monoisotopic (exact) mass is 231 g/mol. The summed E-state index contributed by atoms with van der Waals surface area (Å²) in [6.45, 7) is 4.20. The Morgan fingerprint density at radius 1 is 1.58 bits per heavy atom. The molecule has 2 N–H and O–H groups in total. The molecule has 12 heavy (non-hydrogen) atoms. The maximum atomic E-state index is 5.97. The number of nitrogens with two attached hydrogens (primary N) is 1. The highest BCUT2D eigenvalue weighted by Gasteiger charge is 2.16. The zero-order valence-corrected chi connectivity index (χ0v) is 9.17. The summed E-state index contributed by atoms with van der Waals surface area (Å²) in [5, 5.41) is 4.11. The van der Waals surface area contributed by atoms with E-state index in [-0.39, 0.29) is 6.04 Å². The molecular weight excluding hydrogens is 218 g/mol. The highest BCUT2D eigenvalue weighted by atomic mass is 79.9. The highest BCUT2D eigenvalue weighted by Crippen LogP contribution is 2.25. The lowest BCUT2D eigenvalue weighted by atomic mass is 10.0. The van der Waals surface area contributed by atoms with Gasteiger partial charge in [0.1, 0.15) is 4.60 Å². The van der Waals surface area contributed by atoms with Crippen molar-refractivity contribution in [2.24, 2.45) is 18.7 Å². The molecule has 1 aromatic rings. The first kappa shape index (κ1) is 9.74. The Kier molecular flexibility index (Phi) is 2.90. The van der Waals surface area contributed by atoms with Crippen molar-refractivity contribution in [1.29, 1.82) is 0 Å². The topological polar surface area (TPSA) is 43.8 Å². The van der Waals surface area contributed by atoms with E-state index in [2.05, 4.69) is 34.9 Å². The van der Waals surface area contributed by atoms with Crippen molar-refractivity contribution in [3.8, 4) is 0 Å². The third-order valence-corrected chi connectivity index (χ3v) is 2.94. The molecule has 0 aliphatic rings. The summed E-state index contributed by atoms with van der Waals surface area (Å²) in [7, 11) is 1.89. The Hall–Kier alpha value is -0.350. The van der Waals surface area contributed by atoms with Crippen LogP contribution in [0.25, 0.3) is 0 Å². The number of hydrogen-bond donors (Lipinski definition) is 1. The third-order valence-electron chi connectivity index (χ3n) is 1.97. The van der Waals surface area contributed by atoms with Crippen LogP contribution in [0, 0.1) is 5.92 Å². The molecule has 1 rings (SSSR count). The van der Waals surface area contributed by atoms with Crippen molar-refractivity contribution < 1.29 is 0 Å². The Labute approximate surface area is 81.1 Å². The molecular formula is C8H14BrN3. The first-order chi connectivity index (χ1) is 5.54. The maximum absolute atomic E-state index is 5.97. The molecule has 1 aromatic heterocycles. The second kappa shape index (κ2) is 3.58. The quantitative estimate of drug-likeness (QED) is 0.845. The van der Waals surface area contributed by atoms with Crippen LogP contribution in [0.5, 0.6) is 0 Å². The number of halogens is 1. The smallest absolute Gasteiger partial charge is 0.108 e. The lowest BCUT2D eigenvalue weighted by Gasteiger charge is -2.13. The predicted molar refractivity (Wildman–Crippen MR) is 52.7 cm³/mol. The number of aryl methyl sites for hydroxylation is 1. The van der Waals surface area contributed by atoms with Crippen molar-refractivity contribution in [3.05, 3.63) is 16.4 Å². The van der Waals surface area contributed by atoms with Gasteiger partial charge in [-0.2, -0.15) is 5.10 Å². The van der Waals surface area contributed by atoms with Crippen molar-refractivity contribution >= 4 is 15.9 Å². The van der Waals surface area contributed by atoms with E-state index in [1.54, 1.807) is 4.68 Å². The van der Waals surface area contributed by atoms with Crippen molar-refractivity contribution in [3.63, 3.8) is 0 Å². The van der Waals surface area contributed by atoms with Gasteiger partial charge in [-0.3, -0.25) is 4.68 Å². The summed E-state index contributed by atoms with van der Waals surface area (Å²) < 4.78 is 2.75. The van der Waals surface area contributed by atoms with Crippen LogP contribution in [-0.2, 0) is 7.05 Å². The van der Waals surface area contributed by atoms with Crippen LogP contribution in [0.15, 0.2) is 10.8 Å². The minimum Gasteiger partial charge on any atom is -0.324 e. The van der Waals surface area contributed by atoms with E-state index in [1.807, 2.05) is 13.2 Å². The molecule has 68 valence electrons. The summed E-state index contributed by atoms with van der Waals surface area (Å²) in [6.07, 6.45) is 1.81. The normalized spacial score (nSPS) is 13.8. The van der Waals surface area contributed by atoms with Gasteiger partial charge in [0.2, 0.25) is 0 Å². The maximum Gasteiger partial charge on any atom is 0.108 e. The van der Waals surface area contributed by atoms with E-state index in [9.17, 15) is 0 Å². The fraction of sp³-hybridized carbons (Fsp3) is 0.625. The van der Waals surface area contributed by atoms with Gasteiger partial charge >= 0.3 is 0 Å². The van der Waals surface area contributed by atoms with Crippen LogP contribution in [0.4, 0.5) is 0 Å². The molecule has 4 heteroatoms. The average Bonchev–Trinajstić information content (AvgIpc) is 2.32. The van der Waals surface area contributed by atoms with Crippen LogP contribution >= 0.6 is 15.9 Å². The number of hydrogen-bond acceptors (Lipinski definition) is 2. The van der Waals surface area contributed by atoms with Crippen LogP contribution in [0.3, 0.4) is 0 Å². The largest absolute Gasteiger partial charge is 0.324 e. The van der Waals surface area contributed by atoms with Gasteiger partial charge in [-0.1, -0.05) is 13.8 Å². The zero-order valence-electron chi connectivity index (χ0n) is 7.58. The first-order valence-corrected chi connectivity index (χ1v) is 4.76. The predicted octanol–water partition coefficient (Wildman–Crippen LogP) is 1.84. The molecule has 3 nitrogen and oxygen atoms in total. The summed E-state index contributed by atoms with van der Waals surface area (Å²) in [6, 6.07) is 0.0630. The lowest BCUT2D eigenvalue weighted by Crippen LogP contribution is -2.16. The van der Waals surface area contributed by atoms with Crippen molar-refractivity contribution in [2.45, 2.75) is 19.9 Å². The van der Waals surface area contributed by atoms with Crippen LogP contribution in [0.1, 0.15) is 25.5 Å². The number of aromatic nitrogens is 2. The molecule has 1 atom stereocenters. The van der Waals surface area contributed by atoms with Gasteiger partial charge in [0.15, 0.2) is 0 Å². The van der Waals surface area contributed by atoms with Gasteiger partial charge in [0, 0.05) is 18.7 Å². The fourth-order valence-electron chi connectivity index (χ4n) is 1.02. The molecule has 0 amide bonds.